The Balaban J connectivity index is 1.29. The van der Waals surface area contributed by atoms with Crippen LogP contribution in [-0.4, -0.2) is 48.4 Å². The minimum Gasteiger partial charge on any atom is -0.497 e. The van der Waals surface area contributed by atoms with Crippen LogP contribution < -0.4 is 15.8 Å². The van der Waals surface area contributed by atoms with Gasteiger partial charge in [0.05, 0.1) is 12.7 Å². The van der Waals surface area contributed by atoms with Crippen LogP contribution in [0.25, 0.3) is 10.9 Å². The summed E-state index contributed by atoms with van der Waals surface area (Å²) < 4.78 is 5.38. The second kappa shape index (κ2) is 8.89. The smallest absolute Gasteiger partial charge is 0.251 e. The van der Waals surface area contributed by atoms with Crippen LogP contribution in [0.2, 0.25) is 0 Å². The molecule has 1 aromatic carbocycles. The largest absolute Gasteiger partial charge is 0.497 e. The van der Waals surface area contributed by atoms with Crippen LogP contribution in [0.1, 0.15) is 41.1 Å². The van der Waals surface area contributed by atoms with Crippen LogP contribution in [0.5, 0.6) is 5.75 Å². The summed E-state index contributed by atoms with van der Waals surface area (Å²) in [4.78, 5) is 29.4. The van der Waals surface area contributed by atoms with E-state index in [1.807, 2.05) is 6.07 Å². The Labute approximate surface area is 179 Å². The van der Waals surface area contributed by atoms with Gasteiger partial charge >= 0.3 is 0 Å². The predicted octanol–water partition coefficient (Wildman–Crippen LogP) is 3.55. The number of benzene rings is 1. The first kappa shape index (κ1) is 20.4. The van der Waals surface area contributed by atoms with Crippen LogP contribution in [0, 0.1) is 0 Å². The lowest BCUT2D eigenvalue weighted by atomic mass is 9.89. The third-order valence-electron chi connectivity index (χ3n) is 5.79. The third kappa shape index (κ3) is 4.34. The summed E-state index contributed by atoms with van der Waals surface area (Å²) >= 11 is 1.31. The normalized spacial score (nSPS) is 15.4. The van der Waals surface area contributed by atoms with Crippen molar-refractivity contribution in [2.45, 2.75) is 25.2 Å². The lowest BCUT2D eigenvalue weighted by Crippen LogP contribution is -2.35. The highest BCUT2D eigenvalue weighted by molar-refractivity contribution is 7.14. The zero-order valence-corrected chi connectivity index (χ0v) is 17.8. The van der Waals surface area contributed by atoms with Gasteiger partial charge in [0.2, 0.25) is 5.91 Å². The number of primary amides is 1. The van der Waals surface area contributed by atoms with Gasteiger partial charge in [-0.15, -0.1) is 11.3 Å². The first-order chi connectivity index (χ1) is 14.5. The topological polar surface area (TPSA) is 100 Å². The van der Waals surface area contributed by atoms with Gasteiger partial charge < -0.3 is 25.7 Å². The standard InChI is InChI=1S/C22H26N4O3S/c1-29-15-2-3-19-17(12-15)18(13-24-19)14-4-8-26(9-5-14)10-6-20(27)25-22-16(21(23)28)7-11-30-22/h2-3,7,11-14,24H,4-6,8-10H2,1H3,(H2,23,28)(H,25,27). The zero-order valence-electron chi connectivity index (χ0n) is 16.9. The van der Waals surface area contributed by atoms with Crippen molar-refractivity contribution in [1.29, 1.82) is 0 Å². The lowest BCUT2D eigenvalue weighted by Gasteiger charge is -2.31. The van der Waals surface area contributed by atoms with Crippen LogP contribution in [-0.2, 0) is 4.79 Å². The van der Waals surface area contributed by atoms with E-state index in [-0.39, 0.29) is 5.91 Å². The van der Waals surface area contributed by atoms with Crippen molar-refractivity contribution in [1.82, 2.24) is 9.88 Å². The summed E-state index contributed by atoms with van der Waals surface area (Å²) in [6.45, 7) is 2.62. The van der Waals surface area contributed by atoms with Crippen molar-refractivity contribution in [3.05, 3.63) is 47.0 Å². The summed E-state index contributed by atoms with van der Waals surface area (Å²) in [7, 11) is 1.69. The molecule has 7 nitrogen and oxygen atoms in total. The number of fused-ring (bicyclic) bond motifs is 1. The summed E-state index contributed by atoms with van der Waals surface area (Å²) in [5, 5.41) is 6.32. The van der Waals surface area contributed by atoms with Gasteiger partial charge in [-0.2, -0.15) is 0 Å². The Hall–Kier alpha value is -2.84. The number of piperidine rings is 1. The zero-order chi connectivity index (χ0) is 21.1. The number of nitrogens with one attached hydrogen (secondary N) is 2. The van der Waals surface area contributed by atoms with Crippen LogP contribution in [0.3, 0.4) is 0 Å². The van der Waals surface area contributed by atoms with Crippen molar-refractivity contribution in [2.75, 3.05) is 32.1 Å². The van der Waals surface area contributed by atoms with Crippen LogP contribution >= 0.6 is 11.3 Å². The fraction of sp³-hybridized carbons (Fsp3) is 0.364. The molecule has 30 heavy (non-hydrogen) atoms. The molecule has 0 bridgehead atoms. The monoisotopic (exact) mass is 426 g/mol. The predicted molar refractivity (Wildman–Crippen MR) is 119 cm³/mol. The number of H-pyrrole nitrogens is 1. The molecule has 0 saturated carbocycles. The molecular formula is C22H26N4O3S. The number of rotatable bonds is 7. The van der Waals surface area contributed by atoms with E-state index in [2.05, 4.69) is 33.5 Å². The molecule has 158 valence electrons. The summed E-state index contributed by atoms with van der Waals surface area (Å²) in [5.74, 6) is 0.756. The molecule has 0 radical (unpaired) electrons. The van der Waals surface area contributed by atoms with Crippen molar-refractivity contribution in [2.24, 2.45) is 5.73 Å². The average Bonchev–Trinajstić information content (AvgIpc) is 3.39. The maximum absolute atomic E-state index is 12.3. The van der Waals surface area contributed by atoms with Crippen molar-refractivity contribution >= 4 is 39.1 Å². The fourth-order valence-corrected chi connectivity index (χ4v) is 4.91. The molecule has 8 heteroatoms. The van der Waals surface area contributed by atoms with Gasteiger partial charge in [0, 0.05) is 30.1 Å². The molecule has 0 atom stereocenters. The van der Waals surface area contributed by atoms with E-state index in [1.54, 1.807) is 18.6 Å². The summed E-state index contributed by atoms with van der Waals surface area (Å²) in [6, 6.07) is 7.76. The second-order valence-corrected chi connectivity index (χ2v) is 8.51. The first-order valence-corrected chi connectivity index (χ1v) is 11.0. The number of likely N-dealkylation sites (tertiary alicyclic amines) is 1. The number of aromatic amines is 1. The molecule has 1 saturated heterocycles. The molecule has 1 aliphatic rings. The fourth-order valence-electron chi connectivity index (χ4n) is 4.10. The number of carbonyl (C=O) groups is 2. The van der Waals surface area contributed by atoms with E-state index >= 15 is 0 Å². The SMILES string of the molecule is COc1ccc2[nH]cc(C3CCN(CCC(=O)Nc4sccc4C(N)=O)CC3)c2c1. The van der Waals surface area contributed by atoms with Gasteiger partial charge in [0.25, 0.3) is 5.91 Å². The summed E-state index contributed by atoms with van der Waals surface area (Å²) in [5.41, 5.74) is 8.17. The maximum atomic E-state index is 12.3. The molecular weight excluding hydrogens is 400 g/mol. The van der Waals surface area contributed by atoms with Gasteiger partial charge in [-0.1, -0.05) is 0 Å². The molecule has 2 amide bonds. The number of amides is 2. The summed E-state index contributed by atoms with van der Waals surface area (Å²) in [6.07, 6.45) is 4.63. The average molecular weight is 427 g/mol. The lowest BCUT2D eigenvalue weighted by molar-refractivity contribution is -0.116. The Bertz CT molecular complexity index is 1050. The number of thiophene rings is 1. The molecule has 4 N–H and O–H groups in total. The van der Waals surface area contributed by atoms with Crippen LogP contribution in [0.4, 0.5) is 5.00 Å². The highest BCUT2D eigenvalue weighted by Crippen LogP contribution is 2.34. The highest BCUT2D eigenvalue weighted by Gasteiger charge is 2.23. The molecule has 0 unspecified atom stereocenters. The second-order valence-electron chi connectivity index (χ2n) is 7.60. The van der Waals surface area contributed by atoms with E-state index in [4.69, 9.17) is 10.5 Å². The van der Waals surface area contributed by atoms with E-state index in [1.165, 1.54) is 22.3 Å². The Morgan fingerprint density at radius 2 is 2.10 bits per heavy atom. The molecule has 1 fully saturated rings. The maximum Gasteiger partial charge on any atom is 0.251 e. The minimum atomic E-state index is -0.525. The molecule has 1 aliphatic heterocycles. The van der Waals surface area contributed by atoms with Gasteiger partial charge in [-0.3, -0.25) is 9.59 Å². The number of hydrogen-bond acceptors (Lipinski definition) is 5. The van der Waals surface area contributed by atoms with Gasteiger partial charge in [0.15, 0.2) is 0 Å². The quantitative estimate of drug-likeness (QED) is 0.538. The van der Waals surface area contributed by atoms with E-state index in [0.717, 1.165) is 37.2 Å². The highest BCUT2D eigenvalue weighted by atomic mass is 32.1. The Kier molecular flexibility index (Phi) is 6.06. The van der Waals surface area contributed by atoms with Crippen molar-refractivity contribution in [3.63, 3.8) is 0 Å². The molecule has 3 aromatic rings. The number of anilines is 1. The molecule has 3 heterocycles. The van der Waals surface area contributed by atoms with Gasteiger partial charge in [-0.05, 0) is 67.1 Å². The molecule has 2 aromatic heterocycles. The molecule has 4 rings (SSSR count). The number of nitrogens with zero attached hydrogens (tertiary/aromatic N) is 1. The first-order valence-electron chi connectivity index (χ1n) is 10.1. The van der Waals surface area contributed by atoms with E-state index in [0.29, 0.717) is 29.4 Å². The Morgan fingerprint density at radius 1 is 1.30 bits per heavy atom. The number of aromatic nitrogens is 1. The number of carbonyl (C=O) groups excluding carboxylic acids is 2. The third-order valence-corrected chi connectivity index (χ3v) is 6.62. The van der Waals surface area contributed by atoms with Crippen LogP contribution in [0.15, 0.2) is 35.8 Å². The van der Waals surface area contributed by atoms with Crippen molar-refractivity contribution in [3.8, 4) is 5.75 Å². The van der Waals surface area contributed by atoms with Crippen molar-refractivity contribution < 1.29 is 14.3 Å². The Morgan fingerprint density at radius 3 is 2.83 bits per heavy atom. The molecule has 0 aliphatic carbocycles. The molecule has 0 spiro atoms. The van der Waals surface area contributed by atoms with E-state index < -0.39 is 5.91 Å². The van der Waals surface area contributed by atoms with Gasteiger partial charge in [0.1, 0.15) is 10.8 Å². The van der Waals surface area contributed by atoms with E-state index in [9.17, 15) is 9.59 Å². The van der Waals surface area contributed by atoms with Gasteiger partial charge in [-0.25, -0.2) is 0 Å². The minimum absolute atomic E-state index is 0.0919. The number of nitrogens with two attached hydrogens (primary N) is 1. The number of ether oxygens (including phenoxy) is 1. The number of hydrogen-bond donors (Lipinski definition) is 3. The number of methoxy groups -OCH3 is 1.